The van der Waals surface area contributed by atoms with E-state index in [0.717, 1.165) is 47.8 Å². The zero-order chi connectivity index (χ0) is 18.5. The third-order valence-electron chi connectivity index (χ3n) is 4.94. The van der Waals surface area contributed by atoms with E-state index in [0.29, 0.717) is 35.5 Å². The molecule has 0 spiro atoms. The van der Waals surface area contributed by atoms with Crippen LogP contribution >= 0.6 is 11.8 Å². The molecule has 0 radical (unpaired) electrons. The van der Waals surface area contributed by atoms with Crippen molar-refractivity contribution in [2.75, 3.05) is 13.5 Å². The highest BCUT2D eigenvalue weighted by molar-refractivity contribution is 7.99. The lowest BCUT2D eigenvalue weighted by Gasteiger charge is -2.20. The van der Waals surface area contributed by atoms with Gasteiger partial charge in [0, 0.05) is 31.6 Å². The van der Waals surface area contributed by atoms with Gasteiger partial charge in [0.05, 0.1) is 0 Å². The predicted octanol–water partition coefficient (Wildman–Crippen LogP) is 5.00. The first-order valence-corrected chi connectivity index (χ1v) is 9.07. The van der Waals surface area contributed by atoms with Gasteiger partial charge < -0.3 is 9.88 Å². The molecule has 23 heavy (non-hydrogen) atoms. The Hall–Kier alpha value is -1.07. The van der Waals surface area contributed by atoms with Crippen molar-refractivity contribution in [3.8, 4) is 0 Å². The molecule has 2 aliphatic rings. The van der Waals surface area contributed by atoms with E-state index in [9.17, 15) is 8.78 Å². The highest BCUT2D eigenvalue weighted by Crippen LogP contribution is 2.46. The van der Waals surface area contributed by atoms with Gasteiger partial charge in [-0.05, 0) is 69.2 Å². The molecule has 1 saturated heterocycles. The summed E-state index contributed by atoms with van der Waals surface area (Å²) in [4.78, 5) is 5.63. The maximum atomic E-state index is 13.1. The van der Waals surface area contributed by atoms with E-state index in [-0.39, 0.29) is 6.04 Å². The Morgan fingerprint density at radius 3 is 3.00 bits per heavy atom. The summed E-state index contributed by atoms with van der Waals surface area (Å²) in [5.74, 6) is -2.03. The normalized spacial score (nSPS) is 25.0. The Morgan fingerprint density at radius 1 is 1.39 bits per heavy atom. The fourth-order valence-electron chi connectivity index (χ4n) is 3.71. The average Bonchev–Trinajstić information content (AvgIpc) is 3.15. The zero-order valence-electron chi connectivity index (χ0n) is 15.8. The lowest BCUT2D eigenvalue weighted by molar-refractivity contribution is 0.252. The van der Waals surface area contributed by atoms with E-state index in [1.807, 2.05) is 6.07 Å². The Bertz CT molecular complexity index is 802. The van der Waals surface area contributed by atoms with Crippen molar-refractivity contribution < 1.29 is 12.9 Å². The number of thioether (sulfide) groups is 1. The van der Waals surface area contributed by atoms with Gasteiger partial charge in [-0.25, -0.2) is 0 Å². The summed E-state index contributed by atoms with van der Waals surface area (Å²) in [6.07, 6.45) is 4.50. The number of nitrogens with zero attached hydrogens (tertiary/aromatic N) is 1. The number of benzene rings is 1. The van der Waals surface area contributed by atoms with Crippen molar-refractivity contribution in [2.45, 2.75) is 54.7 Å². The Kier molecular flexibility index (Phi) is 3.26. The van der Waals surface area contributed by atoms with Gasteiger partial charge in [-0.2, -0.15) is 8.78 Å². The average molecular weight is 339 g/mol. The first-order valence-electron chi connectivity index (χ1n) is 9.69. The lowest BCUT2D eigenvalue weighted by Crippen LogP contribution is -2.27. The molecule has 0 unspecified atom stereocenters. The Labute approximate surface area is 143 Å². The largest absolute Gasteiger partial charge is 0.358 e. The first-order chi connectivity index (χ1) is 12.3. The quantitative estimate of drug-likeness (QED) is 0.773. The molecule has 1 aromatic carbocycles. The Balaban J connectivity index is 1.76. The molecular weight excluding hydrogens is 314 g/mol. The number of aromatic nitrogens is 1. The molecule has 2 nitrogen and oxygen atoms in total. The van der Waals surface area contributed by atoms with Crippen LogP contribution in [0.4, 0.5) is 8.78 Å². The summed E-state index contributed by atoms with van der Waals surface area (Å²) in [6, 6.07) is 5.40. The standard InChI is InChI=1S/C18H22F2N2S/c1-22-9-3-4-12(22)10-13-16-14(21-17(13)11-7-8-11)5-2-6-15(16)23-18(19)20/h2,5-6,11-12,18,21H,3-4,7-10H2,1H3/t12-/m1/s1/i1D3. The van der Waals surface area contributed by atoms with Crippen molar-refractivity contribution in [3.05, 3.63) is 29.5 Å². The van der Waals surface area contributed by atoms with Crippen LogP contribution in [0.5, 0.6) is 0 Å². The van der Waals surface area contributed by atoms with Crippen LogP contribution in [0.15, 0.2) is 23.1 Å². The summed E-state index contributed by atoms with van der Waals surface area (Å²) in [6.45, 7) is -1.53. The van der Waals surface area contributed by atoms with E-state index in [4.69, 9.17) is 4.11 Å². The fraction of sp³-hybridized carbons (Fsp3) is 0.556. The number of aromatic amines is 1. The van der Waals surface area contributed by atoms with Crippen LogP contribution in [0.1, 0.15) is 47.0 Å². The van der Waals surface area contributed by atoms with Gasteiger partial charge >= 0.3 is 0 Å². The summed E-state index contributed by atoms with van der Waals surface area (Å²) >= 11 is 0.574. The third-order valence-corrected chi connectivity index (χ3v) is 5.71. The molecule has 4 rings (SSSR count). The van der Waals surface area contributed by atoms with E-state index in [2.05, 4.69) is 4.98 Å². The number of rotatable bonds is 5. The molecule has 124 valence electrons. The van der Waals surface area contributed by atoms with Crippen LogP contribution in [0.2, 0.25) is 0 Å². The summed E-state index contributed by atoms with van der Waals surface area (Å²) in [7, 11) is 0. The van der Waals surface area contributed by atoms with Crippen LogP contribution in [0.3, 0.4) is 0 Å². The minimum absolute atomic E-state index is 0.0661. The highest BCUT2D eigenvalue weighted by atomic mass is 32.2. The smallest absolute Gasteiger partial charge is 0.288 e. The molecule has 1 aliphatic heterocycles. The monoisotopic (exact) mass is 339 g/mol. The number of H-pyrrole nitrogens is 1. The topological polar surface area (TPSA) is 19.0 Å². The number of hydrogen-bond acceptors (Lipinski definition) is 2. The number of likely N-dealkylation sites (tertiary alicyclic amines) is 1. The van der Waals surface area contributed by atoms with E-state index in [1.54, 1.807) is 17.0 Å². The third kappa shape index (κ3) is 3.01. The molecule has 1 saturated carbocycles. The van der Waals surface area contributed by atoms with Crippen LogP contribution in [-0.2, 0) is 6.42 Å². The van der Waals surface area contributed by atoms with Crippen LogP contribution < -0.4 is 0 Å². The van der Waals surface area contributed by atoms with Crippen molar-refractivity contribution in [2.24, 2.45) is 0 Å². The number of halogens is 2. The molecule has 0 bridgehead atoms. The number of nitrogens with one attached hydrogen (secondary N) is 1. The van der Waals surface area contributed by atoms with Crippen LogP contribution in [-0.4, -0.2) is 35.2 Å². The summed E-state index contributed by atoms with van der Waals surface area (Å²) in [5.41, 5.74) is 3.05. The number of fused-ring (bicyclic) bond motifs is 1. The fourth-order valence-corrected chi connectivity index (χ4v) is 4.41. The minimum atomic E-state index is -2.47. The second-order valence-corrected chi connectivity index (χ2v) is 7.57. The number of hydrogen-bond donors (Lipinski definition) is 1. The van der Waals surface area contributed by atoms with Gasteiger partial charge in [-0.3, -0.25) is 0 Å². The molecule has 2 heterocycles. The maximum absolute atomic E-state index is 13.1. The number of alkyl halides is 2. The first kappa shape index (κ1) is 12.3. The molecule has 5 heteroatoms. The second kappa shape index (κ2) is 6.10. The van der Waals surface area contributed by atoms with Crippen molar-refractivity contribution in [3.63, 3.8) is 0 Å². The van der Waals surface area contributed by atoms with Gasteiger partial charge in [0.1, 0.15) is 0 Å². The van der Waals surface area contributed by atoms with E-state index < -0.39 is 12.7 Å². The van der Waals surface area contributed by atoms with Crippen molar-refractivity contribution >= 4 is 22.7 Å². The van der Waals surface area contributed by atoms with Crippen molar-refractivity contribution in [1.29, 1.82) is 0 Å². The summed E-state index contributed by atoms with van der Waals surface area (Å²) < 4.78 is 49.5. The zero-order valence-corrected chi connectivity index (χ0v) is 13.6. The number of likely N-dealkylation sites (N-methyl/N-ethyl adjacent to an activating group) is 1. The molecule has 1 atom stereocenters. The predicted molar refractivity (Wildman–Crippen MR) is 91.5 cm³/mol. The van der Waals surface area contributed by atoms with Crippen molar-refractivity contribution in [1.82, 2.24) is 9.88 Å². The van der Waals surface area contributed by atoms with E-state index >= 15 is 0 Å². The SMILES string of the molecule is [2H]C([2H])([2H])N1CCC[C@@H]1Cc1c(C2CC2)[nH]c2cccc(SC(F)F)c12. The molecule has 1 aliphatic carbocycles. The second-order valence-electron chi connectivity index (χ2n) is 6.54. The lowest BCUT2D eigenvalue weighted by atomic mass is 9.99. The summed E-state index contributed by atoms with van der Waals surface area (Å²) in [5, 5.41) is 0.858. The Morgan fingerprint density at radius 2 is 2.26 bits per heavy atom. The molecule has 2 aromatic rings. The van der Waals surface area contributed by atoms with Gasteiger partial charge in [-0.15, -0.1) is 0 Å². The molecule has 1 N–H and O–H groups in total. The molecule has 1 aromatic heterocycles. The van der Waals surface area contributed by atoms with Gasteiger partial charge in [0.15, 0.2) is 0 Å². The highest BCUT2D eigenvalue weighted by Gasteiger charge is 2.32. The van der Waals surface area contributed by atoms with E-state index in [1.165, 1.54) is 0 Å². The van der Waals surface area contributed by atoms with Gasteiger partial charge in [0.25, 0.3) is 5.76 Å². The van der Waals surface area contributed by atoms with Gasteiger partial charge in [-0.1, -0.05) is 17.8 Å². The maximum Gasteiger partial charge on any atom is 0.288 e. The molecule has 2 fully saturated rings. The molecule has 0 amide bonds. The minimum Gasteiger partial charge on any atom is -0.358 e. The van der Waals surface area contributed by atoms with Gasteiger partial charge in [0.2, 0.25) is 0 Å². The van der Waals surface area contributed by atoms with Crippen LogP contribution in [0, 0.1) is 0 Å². The molecular formula is C18H22F2N2S. The van der Waals surface area contributed by atoms with Crippen LogP contribution in [0.25, 0.3) is 10.9 Å².